The maximum absolute atomic E-state index is 12.7. The number of anilines is 2. The van der Waals surface area contributed by atoms with Crippen molar-refractivity contribution in [1.29, 1.82) is 0 Å². The van der Waals surface area contributed by atoms with Gasteiger partial charge in [0.2, 0.25) is 15.9 Å². The van der Waals surface area contributed by atoms with Crippen LogP contribution in [0.1, 0.15) is 53.4 Å². The quantitative estimate of drug-likeness (QED) is 0.714. The molecule has 1 saturated heterocycles. The molecule has 2 atom stereocenters. The van der Waals surface area contributed by atoms with Crippen LogP contribution in [0.3, 0.4) is 0 Å². The summed E-state index contributed by atoms with van der Waals surface area (Å²) in [6.07, 6.45) is 3.17. The summed E-state index contributed by atoms with van der Waals surface area (Å²) in [4.78, 5) is 15.0. The highest BCUT2D eigenvalue weighted by atomic mass is 32.2. The van der Waals surface area contributed by atoms with Crippen molar-refractivity contribution >= 4 is 27.3 Å². The molecule has 1 aliphatic heterocycles. The number of carbonyl (C=O) groups excluding carboxylic acids is 1. The number of nitrogens with one attached hydrogen (secondary N) is 2. The van der Waals surface area contributed by atoms with E-state index in [-0.39, 0.29) is 30.1 Å². The minimum Gasteiger partial charge on any atom is -0.372 e. The predicted octanol–water partition coefficient (Wildman–Crippen LogP) is 3.13. The molecule has 2 fully saturated rings. The van der Waals surface area contributed by atoms with Crippen LogP contribution in [-0.4, -0.2) is 50.9 Å². The summed E-state index contributed by atoms with van der Waals surface area (Å²) in [5.74, 6) is -0.0630. The molecular formula is C22H35N3O4S. The fourth-order valence-corrected chi connectivity index (χ4v) is 5.20. The lowest BCUT2D eigenvalue weighted by atomic mass is 9.86. The van der Waals surface area contributed by atoms with E-state index in [1.54, 1.807) is 13.8 Å². The van der Waals surface area contributed by atoms with E-state index < -0.39 is 15.3 Å². The van der Waals surface area contributed by atoms with E-state index >= 15 is 0 Å². The first-order valence-electron chi connectivity index (χ1n) is 11.0. The Kier molecular flexibility index (Phi) is 7.42. The normalized spacial score (nSPS) is 27.8. The summed E-state index contributed by atoms with van der Waals surface area (Å²) < 4.78 is 32.6. The van der Waals surface area contributed by atoms with E-state index in [0.717, 1.165) is 24.5 Å². The molecule has 7 nitrogen and oxygen atoms in total. The molecular weight excluding hydrogens is 402 g/mol. The van der Waals surface area contributed by atoms with Crippen LogP contribution in [0.15, 0.2) is 24.3 Å². The van der Waals surface area contributed by atoms with Gasteiger partial charge in [0.05, 0.1) is 17.5 Å². The monoisotopic (exact) mass is 437 g/mol. The third kappa shape index (κ3) is 5.95. The van der Waals surface area contributed by atoms with E-state index in [1.807, 2.05) is 24.3 Å². The lowest BCUT2D eigenvalue weighted by Gasteiger charge is -2.36. The summed E-state index contributed by atoms with van der Waals surface area (Å²) in [6, 6.07) is 7.90. The maximum atomic E-state index is 12.7. The molecule has 168 valence electrons. The van der Waals surface area contributed by atoms with Crippen LogP contribution in [0, 0.1) is 5.92 Å². The van der Waals surface area contributed by atoms with Gasteiger partial charge < -0.3 is 15.0 Å². The minimum absolute atomic E-state index is 0.0153. The van der Waals surface area contributed by atoms with Gasteiger partial charge in [-0.15, -0.1) is 0 Å². The number of carbonyl (C=O) groups is 1. The van der Waals surface area contributed by atoms with Crippen LogP contribution in [-0.2, 0) is 19.6 Å². The molecule has 0 bridgehead atoms. The smallest absolute Gasteiger partial charge is 0.227 e. The van der Waals surface area contributed by atoms with Crippen LogP contribution in [0.25, 0.3) is 0 Å². The second-order valence-corrected chi connectivity index (χ2v) is 11.2. The molecule has 1 saturated carbocycles. The Balaban J connectivity index is 1.50. The average Bonchev–Trinajstić information content (AvgIpc) is 2.68. The molecule has 0 unspecified atom stereocenters. The second-order valence-electron chi connectivity index (χ2n) is 8.96. The highest BCUT2D eigenvalue weighted by Gasteiger charge is 2.29. The molecule has 0 spiro atoms. The van der Waals surface area contributed by atoms with Gasteiger partial charge in [-0.05, 0) is 77.6 Å². The summed E-state index contributed by atoms with van der Waals surface area (Å²) in [6.45, 7) is 9.24. The van der Waals surface area contributed by atoms with Crippen molar-refractivity contribution in [3.05, 3.63) is 24.3 Å². The first kappa shape index (κ1) is 23.0. The Hall–Kier alpha value is -1.64. The molecule has 2 aliphatic rings. The number of hydrogen-bond acceptors (Lipinski definition) is 5. The van der Waals surface area contributed by atoms with Crippen molar-refractivity contribution in [2.45, 2.75) is 76.9 Å². The Labute approximate surface area is 180 Å². The van der Waals surface area contributed by atoms with Crippen molar-refractivity contribution in [1.82, 2.24) is 4.72 Å². The van der Waals surface area contributed by atoms with Crippen LogP contribution < -0.4 is 14.9 Å². The Morgan fingerprint density at radius 3 is 2.13 bits per heavy atom. The van der Waals surface area contributed by atoms with Crippen LogP contribution in [0.2, 0.25) is 0 Å². The largest absolute Gasteiger partial charge is 0.372 e. The van der Waals surface area contributed by atoms with Gasteiger partial charge in [-0.25, -0.2) is 13.1 Å². The molecule has 1 heterocycles. The number of morpholine rings is 1. The van der Waals surface area contributed by atoms with Gasteiger partial charge in [0, 0.05) is 36.4 Å². The van der Waals surface area contributed by atoms with E-state index in [0.29, 0.717) is 25.7 Å². The summed E-state index contributed by atoms with van der Waals surface area (Å²) in [5, 5.41) is 2.58. The number of hydrogen-bond donors (Lipinski definition) is 2. The van der Waals surface area contributed by atoms with Gasteiger partial charge in [-0.2, -0.15) is 0 Å². The highest BCUT2D eigenvalue weighted by molar-refractivity contribution is 7.90. The lowest BCUT2D eigenvalue weighted by Crippen LogP contribution is -2.45. The number of nitrogens with zero attached hydrogens (tertiary/aromatic N) is 1. The lowest BCUT2D eigenvalue weighted by molar-refractivity contribution is -0.120. The number of amides is 1. The summed E-state index contributed by atoms with van der Waals surface area (Å²) in [5.41, 5.74) is 1.92. The molecule has 0 radical (unpaired) electrons. The van der Waals surface area contributed by atoms with Gasteiger partial charge >= 0.3 is 0 Å². The van der Waals surface area contributed by atoms with E-state index in [1.165, 1.54) is 0 Å². The van der Waals surface area contributed by atoms with Gasteiger partial charge in [0.15, 0.2) is 0 Å². The molecule has 2 N–H and O–H groups in total. The molecule has 1 aromatic rings. The number of sulfonamides is 1. The van der Waals surface area contributed by atoms with Crippen LogP contribution >= 0.6 is 0 Å². The van der Waals surface area contributed by atoms with E-state index in [4.69, 9.17) is 4.74 Å². The molecule has 30 heavy (non-hydrogen) atoms. The van der Waals surface area contributed by atoms with Crippen molar-refractivity contribution < 1.29 is 17.9 Å². The first-order valence-corrected chi connectivity index (χ1v) is 12.5. The maximum Gasteiger partial charge on any atom is 0.227 e. The Bertz CT molecular complexity index is 807. The zero-order valence-electron chi connectivity index (χ0n) is 18.4. The van der Waals surface area contributed by atoms with Gasteiger partial charge in [-0.3, -0.25) is 4.79 Å². The zero-order chi connectivity index (χ0) is 21.9. The molecule has 1 aromatic carbocycles. The fourth-order valence-electron chi connectivity index (χ4n) is 4.23. The Morgan fingerprint density at radius 2 is 1.60 bits per heavy atom. The number of rotatable bonds is 6. The first-order chi connectivity index (χ1) is 14.1. The minimum atomic E-state index is -3.27. The van der Waals surface area contributed by atoms with Crippen LogP contribution in [0.5, 0.6) is 0 Å². The van der Waals surface area contributed by atoms with Crippen LogP contribution in [0.4, 0.5) is 11.4 Å². The summed E-state index contributed by atoms with van der Waals surface area (Å²) in [7, 11) is -3.27. The predicted molar refractivity (Wildman–Crippen MR) is 120 cm³/mol. The van der Waals surface area contributed by atoms with Gasteiger partial charge in [-0.1, -0.05) is 0 Å². The topological polar surface area (TPSA) is 87.7 Å². The third-order valence-electron chi connectivity index (χ3n) is 5.97. The number of ether oxygens (including phenoxy) is 1. The fraction of sp³-hybridized carbons (Fsp3) is 0.682. The average molecular weight is 438 g/mol. The molecule has 1 amide bonds. The van der Waals surface area contributed by atoms with Gasteiger partial charge in [0.1, 0.15) is 0 Å². The molecule has 3 rings (SSSR count). The van der Waals surface area contributed by atoms with Crippen molar-refractivity contribution in [3.63, 3.8) is 0 Å². The molecule has 0 aromatic heterocycles. The van der Waals surface area contributed by atoms with E-state index in [9.17, 15) is 13.2 Å². The van der Waals surface area contributed by atoms with E-state index in [2.05, 4.69) is 28.8 Å². The standard InChI is InChI=1S/C22H35N3O4S/c1-15(2)30(27,28)24-20-7-5-18(6-8-20)22(26)23-19-9-11-21(12-10-19)25-13-16(3)29-17(4)14-25/h9-12,15-18,20,24H,5-8,13-14H2,1-4H3,(H,23,26)/t16-,17+,18-,20+. The van der Waals surface area contributed by atoms with Crippen molar-refractivity contribution in [2.24, 2.45) is 5.92 Å². The van der Waals surface area contributed by atoms with Crippen molar-refractivity contribution in [3.8, 4) is 0 Å². The van der Waals surface area contributed by atoms with Gasteiger partial charge in [0.25, 0.3) is 0 Å². The molecule has 8 heteroatoms. The zero-order valence-corrected chi connectivity index (χ0v) is 19.2. The Morgan fingerprint density at radius 1 is 1.03 bits per heavy atom. The SMILES string of the molecule is CC(C)S(=O)(=O)N[C@H]1CC[C@@H](C(=O)Nc2ccc(N3C[C@@H](C)O[C@@H](C)C3)cc2)CC1. The highest BCUT2D eigenvalue weighted by Crippen LogP contribution is 2.27. The number of benzene rings is 1. The molecule has 1 aliphatic carbocycles. The second kappa shape index (κ2) is 9.66. The summed E-state index contributed by atoms with van der Waals surface area (Å²) >= 11 is 0. The third-order valence-corrected chi connectivity index (χ3v) is 7.87. The van der Waals surface area contributed by atoms with Crippen molar-refractivity contribution in [2.75, 3.05) is 23.3 Å².